The molecule has 1 aromatic heterocycles. The summed E-state index contributed by atoms with van der Waals surface area (Å²) in [6.07, 6.45) is 4.08. The molecule has 1 fully saturated rings. The van der Waals surface area contributed by atoms with Crippen LogP contribution in [0.5, 0.6) is 0 Å². The third-order valence-electron chi connectivity index (χ3n) is 3.74. The molecule has 0 saturated carbocycles. The molecule has 2 rings (SSSR count). The van der Waals surface area contributed by atoms with Crippen LogP contribution < -0.4 is 5.73 Å². The predicted octanol–water partition coefficient (Wildman–Crippen LogP) is 2.09. The second kappa shape index (κ2) is 5.19. The molecule has 0 bridgehead atoms. The highest BCUT2D eigenvalue weighted by atomic mass is 16.5. The van der Waals surface area contributed by atoms with Gasteiger partial charge in [-0.2, -0.15) is 0 Å². The van der Waals surface area contributed by atoms with Gasteiger partial charge in [-0.1, -0.05) is 6.92 Å². The van der Waals surface area contributed by atoms with E-state index in [2.05, 4.69) is 25.8 Å². The highest BCUT2D eigenvalue weighted by molar-refractivity contribution is 5.09. The van der Waals surface area contributed by atoms with E-state index in [0.29, 0.717) is 18.4 Å². The predicted molar refractivity (Wildman–Crippen MR) is 65.8 cm³/mol. The van der Waals surface area contributed by atoms with Gasteiger partial charge in [0.05, 0.1) is 18.4 Å². The Labute approximate surface area is 103 Å². The summed E-state index contributed by atoms with van der Waals surface area (Å²) in [4.78, 5) is 4.31. The number of hydrogen-bond donors (Lipinski definition) is 1. The Morgan fingerprint density at radius 1 is 1.29 bits per heavy atom. The second-order valence-electron chi connectivity index (χ2n) is 4.98. The minimum absolute atomic E-state index is 0.204. The quantitative estimate of drug-likeness (QED) is 0.872. The molecular formula is C13H22N2O2. The largest absolute Gasteiger partial charge is 0.445 e. The van der Waals surface area contributed by atoms with Crippen LogP contribution in [0.15, 0.2) is 10.6 Å². The normalized spacial score (nSPS) is 33.2. The molecule has 0 spiro atoms. The first kappa shape index (κ1) is 12.6. The van der Waals surface area contributed by atoms with Gasteiger partial charge in [-0.05, 0) is 32.7 Å². The van der Waals surface area contributed by atoms with Crippen molar-refractivity contribution < 1.29 is 9.15 Å². The molecule has 96 valence electrons. The van der Waals surface area contributed by atoms with Crippen LogP contribution in [-0.4, -0.2) is 23.7 Å². The number of aryl methyl sites for hydroxylation is 1. The fourth-order valence-corrected chi connectivity index (χ4v) is 2.60. The fourth-order valence-electron chi connectivity index (χ4n) is 2.60. The fraction of sp³-hybridized carbons (Fsp3) is 0.769. The van der Waals surface area contributed by atoms with Crippen molar-refractivity contribution in [3.05, 3.63) is 17.8 Å². The molecule has 1 aromatic rings. The lowest BCUT2D eigenvalue weighted by atomic mass is 9.88. The van der Waals surface area contributed by atoms with Gasteiger partial charge >= 0.3 is 0 Å². The van der Waals surface area contributed by atoms with Crippen molar-refractivity contribution in [2.75, 3.05) is 6.54 Å². The zero-order valence-corrected chi connectivity index (χ0v) is 10.8. The minimum atomic E-state index is 0.204. The zero-order chi connectivity index (χ0) is 12.4. The maximum Gasteiger partial charge on any atom is 0.194 e. The van der Waals surface area contributed by atoms with Crippen LogP contribution in [0.4, 0.5) is 0 Å². The van der Waals surface area contributed by atoms with Crippen LogP contribution in [0.2, 0.25) is 0 Å². The number of ether oxygens (including phenoxy) is 1. The molecule has 2 N–H and O–H groups in total. The SMILES string of the molecule is CC1OC(C)C(c2cnc(CCCN)o2)C1C. The van der Waals surface area contributed by atoms with E-state index in [1.165, 1.54) is 0 Å². The average Bonchev–Trinajstić information content (AvgIpc) is 2.83. The van der Waals surface area contributed by atoms with Crippen LogP contribution in [-0.2, 0) is 11.2 Å². The van der Waals surface area contributed by atoms with E-state index in [4.69, 9.17) is 14.9 Å². The van der Waals surface area contributed by atoms with Gasteiger partial charge in [0.15, 0.2) is 5.89 Å². The van der Waals surface area contributed by atoms with Crippen LogP contribution in [0.1, 0.15) is 44.8 Å². The van der Waals surface area contributed by atoms with Crippen LogP contribution in [0.25, 0.3) is 0 Å². The Hall–Kier alpha value is -0.870. The summed E-state index contributed by atoms with van der Waals surface area (Å²) >= 11 is 0. The van der Waals surface area contributed by atoms with E-state index in [1.807, 2.05) is 6.20 Å². The van der Waals surface area contributed by atoms with Gasteiger partial charge < -0.3 is 14.9 Å². The van der Waals surface area contributed by atoms with Gasteiger partial charge in [-0.15, -0.1) is 0 Å². The van der Waals surface area contributed by atoms with E-state index in [-0.39, 0.29) is 12.2 Å². The number of hydrogen-bond acceptors (Lipinski definition) is 4. The van der Waals surface area contributed by atoms with Crippen molar-refractivity contribution in [1.82, 2.24) is 4.98 Å². The van der Waals surface area contributed by atoms with Gasteiger partial charge in [-0.25, -0.2) is 4.98 Å². The summed E-state index contributed by atoms with van der Waals surface area (Å²) in [6, 6.07) is 0. The molecule has 4 unspecified atom stereocenters. The molecule has 1 saturated heterocycles. The van der Waals surface area contributed by atoms with Crippen LogP contribution in [0, 0.1) is 5.92 Å². The second-order valence-corrected chi connectivity index (χ2v) is 4.98. The topological polar surface area (TPSA) is 61.3 Å². The lowest BCUT2D eigenvalue weighted by molar-refractivity contribution is 0.0547. The molecule has 4 atom stereocenters. The lowest BCUT2D eigenvalue weighted by Crippen LogP contribution is -2.14. The molecule has 1 aliphatic rings. The summed E-state index contributed by atoms with van der Waals surface area (Å²) in [6.45, 7) is 7.11. The summed E-state index contributed by atoms with van der Waals surface area (Å²) in [7, 11) is 0. The molecule has 17 heavy (non-hydrogen) atoms. The molecule has 4 heteroatoms. The lowest BCUT2D eigenvalue weighted by Gasteiger charge is -2.14. The maximum atomic E-state index is 5.82. The van der Waals surface area contributed by atoms with Crippen molar-refractivity contribution in [2.45, 2.75) is 51.7 Å². The minimum Gasteiger partial charge on any atom is -0.445 e. The molecule has 4 nitrogen and oxygen atoms in total. The molecular weight excluding hydrogens is 216 g/mol. The summed E-state index contributed by atoms with van der Waals surface area (Å²) in [5.41, 5.74) is 5.48. The number of rotatable bonds is 4. The number of nitrogens with two attached hydrogens (primary N) is 1. The molecule has 0 aromatic carbocycles. The molecule has 0 aliphatic carbocycles. The van der Waals surface area contributed by atoms with Crippen molar-refractivity contribution >= 4 is 0 Å². The third kappa shape index (κ3) is 2.53. The first-order chi connectivity index (χ1) is 8.13. The molecule has 0 amide bonds. The van der Waals surface area contributed by atoms with Crippen molar-refractivity contribution in [3.8, 4) is 0 Å². The van der Waals surface area contributed by atoms with E-state index in [9.17, 15) is 0 Å². The average molecular weight is 238 g/mol. The number of aromatic nitrogens is 1. The first-order valence-corrected chi connectivity index (χ1v) is 6.43. The zero-order valence-electron chi connectivity index (χ0n) is 10.8. The Bertz CT molecular complexity index is 364. The smallest absolute Gasteiger partial charge is 0.194 e. The Balaban J connectivity index is 2.09. The van der Waals surface area contributed by atoms with Crippen molar-refractivity contribution in [2.24, 2.45) is 11.7 Å². The van der Waals surface area contributed by atoms with E-state index >= 15 is 0 Å². The Kier molecular flexibility index (Phi) is 3.84. The van der Waals surface area contributed by atoms with Gasteiger partial charge in [0.2, 0.25) is 0 Å². The van der Waals surface area contributed by atoms with E-state index < -0.39 is 0 Å². The Morgan fingerprint density at radius 3 is 2.65 bits per heavy atom. The van der Waals surface area contributed by atoms with Crippen molar-refractivity contribution in [3.63, 3.8) is 0 Å². The molecule has 0 radical (unpaired) electrons. The number of oxazole rings is 1. The van der Waals surface area contributed by atoms with Crippen molar-refractivity contribution in [1.29, 1.82) is 0 Å². The van der Waals surface area contributed by atoms with Crippen LogP contribution in [0.3, 0.4) is 0 Å². The number of nitrogens with zero attached hydrogens (tertiary/aromatic N) is 1. The van der Waals surface area contributed by atoms with Crippen LogP contribution >= 0.6 is 0 Å². The summed E-state index contributed by atoms with van der Waals surface area (Å²) < 4.78 is 11.6. The monoisotopic (exact) mass is 238 g/mol. The first-order valence-electron chi connectivity index (χ1n) is 6.43. The van der Waals surface area contributed by atoms with E-state index in [0.717, 1.165) is 24.5 Å². The Morgan fingerprint density at radius 2 is 2.06 bits per heavy atom. The molecule has 1 aliphatic heterocycles. The summed E-state index contributed by atoms with van der Waals surface area (Å²) in [5.74, 6) is 2.55. The van der Waals surface area contributed by atoms with E-state index in [1.54, 1.807) is 0 Å². The van der Waals surface area contributed by atoms with Gasteiger partial charge in [0.1, 0.15) is 5.76 Å². The van der Waals surface area contributed by atoms with Gasteiger partial charge in [-0.3, -0.25) is 0 Å². The van der Waals surface area contributed by atoms with Gasteiger partial charge in [0.25, 0.3) is 0 Å². The van der Waals surface area contributed by atoms with Gasteiger partial charge in [0, 0.05) is 12.3 Å². The standard InChI is InChI=1S/C13H22N2O2/c1-8-9(2)16-10(3)13(8)11-7-15-12(17-11)5-4-6-14/h7-10,13H,4-6,14H2,1-3H3. The highest BCUT2D eigenvalue weighted by Gasteiger charge is 2.39. The maximum absolute atomic E-state index is 5.82. The third-order valence-corrected chi connectivity index (χ3v) is 3.74. The molecule has 2 heterocycles. The summed E-state index contributed by atoms with van der Waals surface area (Å²) in [5, 5.41) is 0. The highest BCUT2D eigenvalue weighted by Crippen LogP contribution is 2.39.